The second-order valence-electron chi connectivity index (χ2n) is 4.04. The van der Waals surface area contributed by atoms with Gasteiger partial charge in [0.05, 0.1) is 19.3 Å². The van der Waals surface area contributed by atoms with E-state index < -0.39 is 0 Å². The second-order valence-corrected chi connectivity index (χ2v) is 5.07. The first kappa shape index (κ1) is 12.6. The average molecular weight is 265 g/mol. The van der Waals surface area contributed by atoms with E-state index in [1.807, 2.05) is 17.6 Å². The van der Waals surface area contributed by atoms with E-state index in [0.717, 1.165) is 5.69 Å². The molecule has 2 aromatic rings. The molecule has 0 unspecified atom stereocenters. The molecule has 2 amide bonds. The van der Waals surface area contributed by atoms with Crippen LogP contribution in [0.25, 0.3) is 0 Å². The van der Waals surface area contributed by atoms with E-state index in [1.54, 1.807) is 30.1 Å². The SMILES string of the molecule is CN(C)C(=O)NCc1cn(Cc2cccs2)nn1. The molecule has 6 nitrogen and oxygen atoms in total. The third-order valence-corrected chi connectivity index (χ3v) is 3.17. The Kier molecular flexibility index (Phi) is 3.93. The number of urea groups is 1. The van der Waals surface area contributed by atoms with Gasteiger partial charge in [0.2, 0.25) is 0 Å². The molecule has 0 saturated carbocycles. The minimum atomic E-state index is -0.136. The van der Waals surface area contributed by atoms with Gasteiger partial charge >= 0.3 is 6.03 Å². The lowest BCUT2D eigenvalue weighted by molar-refractivity contribution is 0.217. The van der Waals surface area contributed by atoms with Gasteiger partial charge in [-0.15, -0.1) is 16.4 Å². The Labute approximate surface area is 109 Å². The molecule has 96 valence electrons. The van der Waals surface area contributed by atoms with Crippen LogP contribution in [-0.2, 0) is 13.1 Å². The van der Waals surface area contributed by atoms with Gasteiger partial charge in [0.1, 0.15) is 5.69 Å². The van der Waals surface area contributed by atoms with Crippen molar-refractivity contribution >= 4 is 17.4 Å². The summed E-state index contributed by atoms with van der Waals surface area (Å²) in [5.74, 6) is 0. The highest BCUT2D eigenvalue weighted by molar-refractivity contribution is 7.09. The number of nitrogens with zero attached hydrogens (tertiary/aromatic N) is 4. The fraction of sp³-hybridized carbons (Fsp3) is 0.364. The minimum absolute atomic E-state index is 0.136. The molecule has 0 radical (unpaired) electrons. The van der Waals surface area contributed by atoms with Crippen molar-refractivity contribution in [3.8, 4) is 0 Å². The number of hydrogen-bond donors (Lipinski definition) is 1. The van der Waals surface area contributed by atoms with Gasteiger partial charge in [0.15, 0.2) is 0 Å². The topological polar surface area (TPSA) is 63.1 Å². The summed E-state index contributed by atoms with van der Waals surface area (Å²) in [5.41, 5.74) is 0.752. The summed E-state index contributed by atoms with van der Waals surface area (Å²) in [5, 5.41) is 12.8. The number of amides is 2. The highest BCUT2D eigenvalue weighted by Crippen LogP contribution is 2.09. The van der Waals surface area contributed by atoms with E-state index in [4.69, 9.17) is 0 Å². The van der Waals surface area contributed by atoms with Crippen molar-refractivity contribution < 1.29 is 4.79 Å². The van der Waals surface area contributed by atoms with E-state index in [-0.39, 0.29) is 6.03 Å². The van der Waals surface area contributed by atoms with Crippen LogP contribution in [0, 0.1) is 0 Å². The quantitative estimate of drug-likeness (QED) is 0.902. The van der Waals surface area contributed by atoms with Crippen LogP contribution in [0.1, 0.15) is 10.6 Å². The van der Waals surface area contributed by atoms with Crippen LogP contribution in [0.15, 0.2) is 23.7 Å². The summed E-state index contributed by atoms with van der Waals surface area (Å²) in [7, 11) is 3.39. The maximum Gasteiger partial charge on any atom is 0.317 e. The summed E-state index contributed by atoms with van der Waals surface area (Å²) in [6, 6.07) is 3.93. The predicted molar refractivity (Wildman–Crippen MR) is 69.4 cm³/mol. The molecule has 18 heavy (non-hydrogen) atoms. The number of nitrogens with one attached hydrogen (secondary N) is 1. The Morgan fingerprint density at radius 2 is 2.39 bits per heavy atom. The summed E-state index contributed by atoms with van der Waals surface area (Å²) in [6.07, 6.45) is 1.84. The third kappa shape index (κ3) is 3.30. The van der Waals surface area contributed by atoms with Gasteiger partial charge in [-0.25, -0.2) is 9.48 Å². The van der Waals surface area contributed by atoms with Crippen molar-refractivity contribution in [3.05, 3.63) is 34.3 Å². The van der Waals surface area contributed by atoms with Crippen molar-refractivity contribution in [1.29, 1.82) is 0 Å². The summed E-state index contributed by atoms with van der Waals surface area (Å²) in [6.45, 7) is 1.10. The fourth-order valence-electron chi connectivity index (χ4n) is 1.38. The number of carbonyl (C=O) groups excluding carboxylic acids is 1. The van der Waals surface area contributed by atoms with Crippen LogP contribution in [-0.4, -0.2) is 40.0 Å². The second kappa shape index (κ2) is 5.63. The molecule has 0 atom stereocenters. The molecule has 2 rings (SSSR count). The monoisotopic (exact) mass is 265 g/mol. The van der Waals surface area contributed by atoms with E-state index in [2.05, 4.69) is 21.7 Å². The first-order valence-corrected chi connectivity index (χ1v) is 6.39. The largest absolute Gasteiger partial charge is 0.332 e. The van der Waals surface area contributed by atoms with Crippen LogP contribution in [0.4, 0.5) is 4.79 Å². The van der Waals surface area contributed by atoms with E-state index in [9.17, 15) is 4.79 Å². The van der Waals surface area contributed by atoms with Gasteiger partial charge in [-0.2, -0.15) is 0 Å². The predicted octanol–water partition coefficient (Wildman–Crippen LogP) is 1.16. The Balaban J connectivity index is 1.88. The maximum atomic E-state index is 11.3. The fourth-order valence-corrected chi connectivity index (χ4v) is 2.08. The molecule has 0 saturated heterocycles. The summed E-state index contributed by atoms with van der Waals surface area (Å²) in [4.78, 5) is 14.0. The standard InChI is InChI=1S/C11H15N5OS/c1-15(2)11(17)12-6-9-7-16(14-13-9)8-10-4-3-5-18-10/h3-5,7H,6,8H2,1-2H3,(H,12,17). The number of carbonyl (C=O) groups is 1. The van der Waals surface area contributed by atoms with Crippen LogP contribution < -0.4 is 5.32 Å². The van der Waals surface area contributed by atoms with Crippen molar-refractivity contribution in [3.63, 3.8) is 0 Å². The molecule has 7 heteroatoms. The maximum absolute atomic E-state index is 11.3. The molecule has 0 spiro atoms. The van der Waals surface area contributed by atoms with E-state index in [1.165, 1.54) is 9.78 Å². The van der Waals surface area contributed by atoms with Crippen LogP contribution in [0.2, 0.25) is 0 Å². The number of thiophene rings is 1. The van der Waals surface area contributed by atoms with E-state index in [0.29, 0.717) is 13.1 Å². The lowest BCUT2D eigenvalue weighted by atomic mass is 10.4. The highest BCUT2D eigenvalue weighted by Gasteiger charge is 2.06. The van der Waals surface area contributed by atoms with Crippen LogP contribution in [0.3, 0.4) is 0 Å². The Morgan fingerprint density at radius 3 is 3.06 bits per heavy atom. The van der Waals surface area contributed by atoms with Crippen LogP contribution in [0.5, 0.6) is 0 Å². The summed E-state index contributed by atoms with van der Waals surface area (Å²) >= 11 is 1.68. The zero-order valence-corrected chi connectivity index (χ0v) is 11.1. The van der Waals surface area contributed by atoms with Gasteiger partial charge in [-0.05, 0) is 11.4 Å². The highest BCUT2D eigenvalue weighted by atomic mass is 32.1. The summed E-state index contributed by atoms with van der Waals surface area (Å²) < 4.78 is 1.77. The third-order valence-electron chi connectivity index (χ3n) is 2.31. The Hall–Kier alpha value is -1.89. The average Bonchev–Trinajstić information content (AvgIpc) is 2.98. The zero-order valence-electron chi connectivity index (χ0n) is 10.3. The van der Waals surface area contributed by atoms with Gasteiger partial charge in [0, 0.05) is 19.0 Å². The lowest BCUT2D eigenvalue weighted by Gasteiger charge is -2.10. The minimum Gasteiger partial charge on any atom is -0.332 e. The first-order chi connectivity index (χ1) is 8.65. The Bertz CT molecular complexity index is 505. The first-order valence-electron chi connectivity index (χ1n) is 5.51. The van der Waals surface area contributed by atoms with Gasteiger partial charge in [-0.3, -0.25) is 0 Å². The van der Waals surface area contributed by atoms with Gasteiger partial charge in [-0.1, -0.05) is 11.3 Å². The molecule has 0 aliphatic carbocycles. The molecule has 0 aliphatic heterocycles. The molecular weight excluding hydrogens is 250 g/mol. The molecule has 1 N–H and O–H groups in total. The van der Waals surface area contributed by atoms with Crippen molar-refractivity contribution in [2.45, 2.75) is 13.1 Å². The number of hydrogen-bond acceptors (Lipinski definition) is 4. The Morgan fingerprint density at radius 1 is 1.56 bits per heavy atom. The number of aromatic nitrogens is 3. The molecule has 0 bridgehead atoms. The molecule has 0 aromatic carbocycles. The van der Waals surface area contributed by atoms with Crippen molar-refractivity contribution in [1.82, 2.24) is 25.2 Å². The lowest BCUT2D eigenvalue weighted by Crippen LogP contribution is -2.34. The zero-order chi connectivity index (χ0) is 13.0. The van der Waals surface area contributed by atoms with Crippen molar-refractivity contribution in [2.75, 3.05) is 14.1 Å². The molecule has 0 aliphatic rings. The number of rotatable bonds is 4. The van der Waals surface area contributed by atoms with Gasteiger partial charge in [0.25, 0.3) is 0 Å². The van der Waals surface area contributed by atoms with Gasteiger partial charge < -0.3 is 10.2 Å². The molecule has 0 fully saturated rings. The van der Waals surface area contributed by atoms with E-state index >= 15 is 0 Å². The van der Waals surface area contributed by atoms with Crippen LogP contribution >= 0.6 is 11.3 Å². The molecule has 2 aromatic heterocycles. The van der Waals surface area contributed by atoms with Crippen molar-refractivity contribution in [2.24, 2.45) is 0 Å². The smallest absolute Gasteiger partial charge is 0.317 e. The molecular formula is C11H15N5OS. The normalized spacial score (nSPS) is 10.3. The molecule has 2 heterocycles.